The minimum Gasteiger partial charge on any atom is -0.326 e. The standard InChI is InChI=1S/C9H7BrFN3S/c10-6-3-5(1-2-7(6)11)9-8(4-12)15-14-13-9/h1-3H,4,12H2. The van der Waals surface area contributed by atoms with E-state index in [0.717, 1.165) is 16.1 Å². The van der Waals surface area contributed by atoms with E-state index in [1.54, 1.807) is 12.1 Å². The van der Waals surface area contributed by atoms with Crippen molar-refractivity contribution in [2.75, 3.05) is 0 Å². The Morgan fingerprint density at radius 3 is 2.93 bits per heavy atom. The molecule has 2 aromatic rings. The van der Waals surface area contributed by atoms with Gasteiger partial charge in [0.05, 0.1) is 9.35 Å². The zero-order chi connectivity index (χ0) is 10.8. The number of rotatable bonds is 2. The largest absolute Gasteiger partial charge is 0.326 e. The molecular weight excluding hydrogens is 281 g/mol. The van der Waals surface area contributed by atoms with Crippen molar-refractivity contribution >= 4 is 27.5 Å². The maximum absolute atomic E-state index is 13.0. The lowest BCUT2D eigenvalue weighted by atomic mass is 10.1. The third-order valence-corrected chi connectivity index (χ3v) is 3.29. The smallest absolute Gasteiger partial charge is 0.137 e. The summed E-state index contributed by atoms with van der Waals surface area (Å²) in [7, 11) is 0. The molecule has 0 saturated carbocycles. The first-order chi connectivity index (χ1) is 7.22. The Labute approximate surface area is 98.4 Å². The van der Waals surface area contributed by atoms with Crippen LogP contribution in [-0.2, 0) is 6.54 Å². The summed E-state index contributed by atoms with van der Waals surface area (Å²) in [5.74, 6) is -0.295. The Bertz CT molecular complexity index is 486. The number of hydrogen-bond donors (Lipinski definition) is 1. The second-order valence-corrected chi connectivity index (χ2v) is 4.57. The minimum atomic E-state index is -0.295. The van der Waals surface area contributed by atoms with Crippen LogP contribution in [-0.4, -0.2) is 9.59 Å². The fraction of sp³-hybridized carbons (Fsp3) is 0.111. The highest BCUT2D eigenvalue weighted by atomic mass is 79.9. The van der Waals surface area contributed by atoms with Crippen molar-refractivity contribution in [2.24, 2.45) is 5.73 Å². The van der Waals surface area contributed by atoms with Gasteiger partial charge >= 0.3 is 0 Å². The van der Waals surface area contributed by atoms with Crippen molar-refractivity contribution in [3.8, 4) is 11.3 Å². The molecule has 1 aromatic carbocycles. The molecular formula is C9H7BrFN3S. The monoisotopic (exact) mass is 287 g/mol. The van der Waals surface area contributed by atoms with Gasteiger partial charge in [-0.15, -0.1) is 5.10 Å². The molecule has 3 nitrogen and oxygen atoms in total. The van der Waals surface area contributed by atoms with Gasteiger partial charge in [-0.1, -0.05) is 4.49 Å². The summed E-state index contributed by atoms with van der Waals surface area (Å²) in [6.07, 6.45) is 0. The van der Waals surface area contributed by atoms with Gasteiger partial charge in [-0.2, -0.15) is 0 Å². The third-order valence-electron chi connectivity index (χ3n) is 1.93. The molecule has 0 amide bonds. The normalized spacial score (nSPS) is 10.6. The van der Waals surface area contributed by atoms with E-state index in [0.29, 0.717) is 11.0 Å². The molecule has 0 spiro atoms. The van der Waals surface area contributed by atoms with Crippen LogP contribution >= 0.6 is 27.5 Å². The van der Waals surface area contributed by atoms with E-state index < -0.39 is 0 Å². The molecule has 6 heteroatoms. The van der Waals surface area contributed by atoms with Gasteiger partial charge in [-0.3, -0.25) is 0 Å². The number of hydrogen-bond acceptors (Lipinski definition) is 4. The lowest BCUT2D eigenvalue weighted by Gasteiger charge is -2.00. The maximum Gasteiger partial charge on any atom is 0.137 e. The summed E-state index contributed by atoms with van der Waals surface area (Å²) < 4.78 is 17.3. The van der Waals surface area contributed by atoms with E-state index >= 15 is 0 Å². The summed E-state index contributed by atoms with van der Waals surface area (Å²) in [6.45, 7) is 0.391. The average molecular weight is 288 g/mol. The Balaban J connectivity index is 2.50. The van der Waals surface area contributed by atoms with Crippen molar-refractivity contribution in [3.05, 3.63) is 33.4 Å². The van der Waals surface area contributed by atoms with E-state index in [4.69, 9.17) is 5.73 Å². The van der Waals surface area contributed by atoms with E-state index in [2.05, 4.69) is 25.5 Å². The molecule has 0 aliphatic rings. The molecule has 78 valence electrons. The summed E-state index contributed by atoms with van der Waals surface area (Å²) >= 11 is 4.39. The Kier molecular flexibility index (Phi) is 3.08. The molecule has 0 aliphatic carbocycles. The Hall–Kier alpha value is -0.850. The van der Waals surface area contributed by atoms with Gasteiger partial charge in [0.25, 0.3) is 0 Å². The van der Waals surface area contributed by atoms with Crippen LogP contribution in [0.15, 0.2) is 22.7 Å². The highest BCUT2D eigenvalue weighted by Gasteiger charge is 2.10. The van der Waals surface area contributed by atoms with Gasteiger partial charge < -0.3 is 5.73 Å². The first kappa shape index (κ1) is 10.7. The van der Waals surface area contributed by atoms with Gasteiger partial charge in [0.1, 0.15) is 11.5 Å². The molecule has 2 N–H and O–H groups in total. The molecule has 1 aromatic heterocycles. The SMILES string of the molecule is NCc1snnc1-c1ccc(F)c(Br)c1. The Morgan fingerprint density at radius 1 is 1.47 bits per heavy atom. The number of nitrogens with two attached hydrogens (primary N) is 1. The fourth-order valence-electron chi connectivity index (χ4n) is 1.21. The van der Waals surface area contributed by atoms with Crippen molar-refractivity contribution in [2.45, 2.75) is 6.54 Å². The van der Waals surface area contributed by atoms with E-state index in [1.807, 2.05) is 0 Å². The zero-order valence-corrected chi connectivity index (χ0v) is 9.98. The number of nitrogens with zero attached hydrogens (tertiary/aromatic N) is 2. The van der Waals surface area contributed by atoms with Crippen LogP contribution < -0.4 is 5.73 Å². The van der Waals surface area contributed by atoms with Gasteiger partial charge in [0.15, 0.2) is 0 Å². The second-order valence-electron chi connectivity index (χ2n) is 2.88. The molecule has 0 saturated heterocycles. The van der Waals surface area contributed by atoms with Crippen molar-refractivity contribution < 1.29 is 4.39 Å². The Morgan fingerprint density at radius 2 is 2.27 bits per heavy atom. The van der Waals surface area contributed by atoms with E-state index in [1.165, 1.54) is 17.6 Å². The number of halogens is 2. The molecule has 1 heterocycles. The van der Waals surface area contributed by atoms with Gasteiger partial charge in [-0.25, -0.2) is 4.39 Å². The third kappa shape index (κ3) is 2.06. The van der Waals surface area contributed by atoms with Crippen LogP contribution in [0.25, 0.3) is 11.3 Å². The van der Waals surface area contributed by atoms with Crippen LogP contribution in [0.4, 0.5) is 4.39 Å². The first-order valence-corrected chi connectivity index (χ1v) is 5.75. The summed E-state index contributed by atoms with van der Waals surface area (Å²) in [4.78, 5) is 0.897. The van der Waals surface area contributed by atoms with Crippen LogP contribution in [0.1, 0.15) is 4.88 Å². The number of benzene rings is 1. The van der Waals surface area contributed by atoms with Crippen LogP contribution in [0.2, 0.25) is 0 Å². The first-order valence-electron chi connectivity index (χ1n) is 4.19. The molecule has 15 heavy (non-hydrogen) atoms. The lowest BCUT2D eigenvalue weighted by molar-refractivity contribution is 0.621. The van der Waals surface area contributed by atoms with Gasteiger partial charge in [0.2, 0.25) is 0 Å². The van der Waals surface area contributed by atoms with Crippen molar-refractivity contribution in [3.63, 3.8) is 0 Å². The van der Waals surface area contributed by atoms with Gasteiger partial charge in [-0.05, 0) is 45.7 Å². The predicted octanol–water partition coefficient (Wildman–Crippen LogP) is 2.57. The molecule has 0 unspecified atom stereocenters. The lowest BCUT2D eigenvalue weighted by Crippen LogP contribution is -1.95. The fourth-order valence-corrected chi connectivity index (χ4v) is 2.13. The highest BCUT2D eigenvalue weighted by Crippen LogP contribution is 2.27. The van der Waals surface area contributed by atoms with E-state index in [-0.39, 0.29) is 5.82 Å². The molecule has 0 radical (unpaired) electrons. The molecule has 2 rings (SSSR count). The quantitative estimate of drug-likeness (QED) is 0.924. The van der Waals surface area contributed by atoms with Crippen LogP contribution in [0.5, 0.6) is 0 Å². The van der Waals surface area contributed by atoms with E-state index in [9.17, 15) is 4.39 Å². The number of aromatic nitrogens is 2. The van der Waals surface area contributed by atoms with Crippen molar-refractivity contribution in [1.29, 1.82) is 0 Å². The highest BCUT2D eigenvalue weighted by molar-refractivity contribution is 9.10. The average Bonchev–Trinajstić information content (AvgIpc) is 2.70. The van der Waals surface area contributed by atoms with Crippen LogP contribution in [0, 0.1) is 5.82 Å². The summed E-state index contributed by atoms with van der Waals surface area (Å²) in [5.41, 5.74) is 7.09. The summed E-state index contributed by atoms with van der Waals surface area (Å²) in [5, 5.41) is 3.97. The topological polar surface area (TPSA) is 51.8 Å². The molecule has 0 aliphatic heterocycles. The zero-order valence-electron chi connectivity index (χ0n) is 7.58. The molecule has 0 fully saturated rings. The summed E-state index contributed by atoms with van der Waals surface area (Å²) in [6, 6.07) is 4.72. The minimum absolute atomic E-state index is 0.295. The van der Waals surface area contributed by atoms with Gasteiger partial charge in [0, 0.05) is 12.1 Å². The second kappa shape index (κ2) is 4.34. The predicted molar refractivity (Wildman–Crippen MR) is 60.9 cm³/mol. The molecule has 0 atom stereocenters. The maximum atomic E-state index is 13.0. The van der Waals surface area contributed by atoms with Crippen molar-refractivity contribution in [1.82, 2.24) is 9.59 Å². The molecule has 0 bridgehead atoms. The van der Waals surface area contributed by atoms with Crippen LogP contribution in [0.3, 0.4) is 0 Å².